The minimum Gasteiger partial charge on any atom is -0.329 e. The number of aromatic nitrogens is 4. The van der Waals surface area contributed by atoms with E-state index in [-0.39, 0.29) is 11.2 Å². The molecular weight excluding hydrogens is 270 g/mol. The normalized spacial score (nSPS) is 11.4. The van der Waals surface area contributed by atoms with Crippen LogP contribution in [0.3, 0.4) is 0 Å². The van der Waals surface area contributed by atoms with Crippen LogP contribution in [-0.2, 0) is 26.6 Å². The van der Waals surface area contributed by atoms with Crippen LogP contribution in [0, 0.1) is 0 Å². The first-order valence-electron chi connectivity index (χ1n) is 7.45. The largest absolute Gasteiger partial charge is 0.332 e. The molecule has 2 aromatic rings. The summed E-state index contributed by atoms with van der Waals surface area (Å²) in [7, 11) is 1.51. The molecule has 0 radical (unpaired) electrons. The summed E-state index contributed by atoms with van der Waals surface area (Å²) < 4.78 is 4.61. The average Bonchev–Trinajstić information content (AvgIpc) is 2.81. The van der Waals surface area contributed by atoms with Gasteiger partial charge in [0.2, 0.25) is 0 Å². The van der Waals surface area contributed by atoms with E-state index < -0.39 is 0 Å². The van der Waals surface area contributed by atoms with Crippen LogP contribution < -0.4 is 17.0 Å². The van der Waals surface area contributed by atoms with Crippen molar-refractivity contribution in [3.8, 4) is 0 Å². The summed E-state index contributed by atoms with van der Waals surface area (Å²) in [5, 5.41) is 0. The summed E-state index contributed by atoms with van der Waals surface area (Å²) >= 11 is 0. The van der Waals surface area contributed by atoms with Crippen LogP contribution in [-0.4, -0.2) is 25.2 Å². The molecule has 0 aromatic carbocycles. The van der Waals surface area contributed by atoms with Gasteiger partial charge < -0.3 is 10.3 Å². The van der Waals surface area contributed by atoms with Gasteiger partial charge in [-0.3, -0.25) is 13.9 Å². The molecule has 2 rings (SSSR count). The SMILES string of the molecule is CCCc1nc2c(c(=O)n(C)c(=O)n2CCC)n1CCN. The van der Waals surface area contributed by atoms with Gasteiger partial charge in [0.15, 0.2) is 11.2 Å². The first kappa shape index (κ1) is 15.5. The fourth-order valence-electron chi connectivity index (χ4n) is 2.61. The molecule has 7 nitrogen and oxygen atoms in total. The van der Waals surface area contributed by atoms with Crippen molar-refractivity contribution in [2.45, 2.75) is 46.2 Å². The van der Waals surface area contributed by atoms with Crippen molar-refractivity contribution >= 4 is 11.2 Å². The van der Waals surface area contributed by atoms with Crippen molar-refractivity contribution < 1.29 is 0 Å². The summed E-state index contributed by atoms with van der Waals surface area (Å²) in [4.78, 5) is 29.3. The first-order valence-corrected chi connectivity index (χ1v) is 7.45. The number of nitrogens with zero attached hydrogens (tertiary/aromatic N) is 4. The number of hydrogen-bond donors (Lipinski definition) is 1. The predicted octanol–water partition coefficient (Wildman–Crippen LogP) is 0.218. The highest BCUT2D eigenvalue weighted by Gasteiger charge is 2.19. The number of nitrogens with two attached hydrogens (primary N) is 1. The molecule has 116 valence electrons. The highest BCUT2D eigenvalue weighted by molar-refractivity contribution is 5.71. The number of fused-ring (bicyclic) bond motifs is 1. The maximum atomic E-state index is 12.5. The van der Waals surface area contributed by atoms with Gasteiger partial charge in [0.05, 0.1) is 0 Å². The van der Waals surface area contributed by atoms with Gasteiger partial charge >= 0.3 is 5.69 Å². The molecular formula is C14H23N5O2. The lowest BCUT2D eigenvalue weighted by atomic mass is 10.3. The molecule has 0 amide bonds. The Hall–Kier alpha value is -1.89. The van der Waals surface area contributed by atoms with Crippen LogP contribution >= 0.6 is 0 Å². The highest BCUT2D eigenvalue weighted by Crippen LogP contribution is 2.13. The van der Waals surface area contributed by atoms with E-state index in [1.165, 1.54) is 7.05 Å². The quantitative estimate of drug-likeness (QED) is 0.825. The Morgan fingerprint density at radius 3 is 2.38 bits per heavy atom. The zero-order valence-corrected chi connectivity index (χ0v) is 12.9. The molecule has 0 spiro atoms. The molecule has 0 unspecified atom stereocenters. The van der Waals surface area contributed by atoms with Gasteiger partial charge in [-0.2, -0.15) is 0 Å². The monoisotopic (exact) mass is 293 g/mol. The number of rotatable bonds is 6. The van der Waals surface area contributed by atoms with E-state index in [2.05, 4.69) is 11.9 Å². The predicted molar refractivity (Wildman–Crippen MR) is 82.6 cm³/mol. The van der Waals surface area contributed by atoms with Gasteiger partial charge in [-0.15, -0.1) is 0 Å². The lowest BCUT2D eigenvalue weighted by Crippen LogP contribution is -2.39. The minimum absolute atomic E-state index is 0.300. The van der Waals surface area contributed by atoms with Gasteiger partial charge in [-0.1, -0.05) is 13.8 Å². The fraction of sp³-hybridized carbons (Fsp3) is 0.643. The van der Waals surface area contributed by atoms with Gasteiger partial charge in [0.1, 0.15) is 5.82 Å². The molecule has 0 saturated heterocycles. The summed E-state index contributed by atoms with van der Waals surface area (Å²) in [5.41, 5.74) is 6.03. The third-order valence-corrected chi connectivity index (χ3v) is 3.58. The maximum absolute atomic E-state index is 12.5. The van der Waals surface area contributed by atoms with E-state index in [0.29, 0.717) is 30.8 Å². The molecule has 0 aliphatic heterocycles. The van der Waals surface area contributed by atoms with Gasteiger partial charge in [-0.25, -0.2) is 9.78 Å². The van der Waals surface area contributed by atoms with Crippen molar-refractivity contribution in [1.29, 1.82) is 0 Å². The Morgan fingerprint density at radius 2 is 1.81 bits per heavy atom. The molecule has 0 aliphatic carbocycles. The summed E-state index contributed by atoms with van der Waals surface area (Å²) in [6.07, 6.45) is 2.49. The fourth-order valence-corrected chi connectivity index (χ4v) is 2.61. The Kier molecular flexibility index (Phi) is 4.62. The van der Waals surface area contributed by atoms with E-state index in [1.54, 1.807) is 4.57 Å². The van der Waals surface area contributed by atoms with Crippen LogP contribution in [0.15, 0.2) is 9.59 Å². The van der Waals surface area contributed by atoms with Crippen LogP contribution in [0.25, 0.3) is 11.2 Å². The minimum atomic E-state index is -0.310. The van der Waals surface area contributed by atoms with E-state index >= 15 is 0 Å². The molecule has 2 N–H and O–H groups in total. The van der Waals surface area contributed by atoms with Crippen molar-refractivity contribution in [3.05, 3.63) is 26.7 Å². The number of imidazole rings is 1. The standard InChI is InChI=1S/C14H23N5O2/c1-4-6-10-16-12-11(18(10)9-7-15)13(20)17(3)14(21)19(12)8-5-2/h4-9,15H2,1-3H3. The van der Waals surface area contributed by atoms with Crippen LogP contribution in [0.4, 0.5) is 0 Å². The second kappa shape index (κ2) is 6.26. The van der Waals surface area contributed by atoms with Crippen molar-refractivity contribution in [2.24, 2.45) is 12.8 Å². The Labute approximate surface area is 123 Å². The molecule has 0 atom stereocenters. The first-order chi connectivity index (χ1) is 10.1. The van der Waals surface area contributed by atoms with E-state index in [9.17, 15) is 9.59 Å². The average molecular weight is 293 g/mol. The molecule has 7 heteroatoms. The number of aryl methyl sites for hydroxylation is 2. The van der Waals surface area contributed by atoms with Crippen LogP contribution in [0.5, 0.6) is 0 Å². The van der Waals surface area contributed by atoms with E-state index in [1.807, 2.05) is 11.5 Å². The van der Waals surface area contributed by atoms with Crippen molar-refractivity contribution in [2.75, 3.05) is 6.54 Å². The van der Waals surface area contributed by atoms with E-state index in [0.717, 1.165) is 29.7 Å². The molecule has 0 saturated carbocycles. The molecule has 0 bridgehead atoms. The zero-order chi connectivity index (χ0) is 15.6. The summed E-state index contributed by atoms with van der Waals surface area (Å²) in [6, 6.07) is 0. The summed E-state index contributed by atoms with van der Waals surface area (Å²) in [5.74, 6) is 0.825. The summed E-state index contributed by atoms with van der Waals surface area (Å²) in [6.45, 7) is 5.56. The number of hydrogen-bond acceptors (Lipinski definition) is 4. The second-order valence-electron chi connectivity index (χ2n) is 5.19. The molecule has 0 aliphatic rings. The molecule has 2 heterocycles. The molecule has 0 fully saturated rings. The van der Waals surface area contributed by atoms with Gasteiger partial charge in [0, 0.05) is 33.1 Å². The topological polar surface area (TPSA) is 87.8 Å². The second-order valence-corrected chi connectivity index (χ2v) is 5.19. The van der Waals surface area contributed by atoms with Gasteiger partial charge in [-0.05, 0) is 12.8 Å². The Bertz CT molecular complexity index is 753. The lowest BCUT2D eigenvalue weighted by molar-refractivity contribution is 0.608. The Morgan fingerprint density at radius 1 is 1.10 bits per heavy atom. The van der Waals surface area contributed by atoms with E-state index in [4.69, 9.17) is 5.73 Å². The van der Waals surface area contributed by atoms with Crippen LogP contribution in [0.2, 0.25) is 0 Å². The third-order valence-electron chi connectivity index (χ3n) is 3.58. The Balaban J connectivity index is 2.89. The van der Waals surface area contributed by atoms with Crippen LogP contribution in [0.1, 0.15) is 32.5 Å². The smallest absolute Gasteiger partial charge is 0.329 e. The van der Waals surface area contributed by atoms with Crippen molar-refractivity contribution in [3.63, 3.8) is 0 Å². The molecule has 2 aromatic heterocycles. The molecule has 21 heavy (non-hydrogen) atoms. The third kappa shape index (κ3) is 2.53. The van der Waals surface area contributed by atoms with Crippen molar-refractivity contribution in [1.82, 2.24) is 18.7 Å². The lowest BCUT2D eigenvalue weighted by Gasteiger charge is -2.09. The maximum Gasteiger partial charge on any atom is 0.332 e. The highest BCUT2D eigenvalue weighted by atomic mass is 16.2. The zero-order valence-electron chi connectivity index (χ0n) is 12.9. The van der Waals surface area contributed by atoms with Gasteiger partial charge in [0.25, 0.3) is 5.56 Å².